The van der Waals surface area contributed by atoms with Crippen molar-refractivity contribution in [1.29, 1.82) is 0 Å². The molecule has 4 nitrogen and oxygen atoms in total. The van der Waals surface area contributed by atoms with Gasteiger partial charge in [-0.25, -0.2) is 0 Å². The van der Waals surface area contributed by atoms with E-state index in [2.05, 4.69) is 10.6 Å². The fourth-order valence-electron chi connectivity index (χ4n) is 1.14. The molecule has 0 aliphatic carbocycles. The Kier molecular flexibility index (Phi) is 6.19. The highest BCUT2D eigenvalue weighted by Crippen LogP contribution is 1.94. The lowest BCUT2D eigenvalue weighted by atomic mass is 10.3. The lowest BCUT2D eigenvalue weighted by molar-refractivity contribution is -0.132. The van der Waals surface area contributed by atoms with E-state index in [0.717, 1.165) is 13.1 Å². The first-order valence-corrected chi connectivity index (χ1v) is 5.24. The summed E-state index contributed by atoms with van der Waals surface area (Å²) in [5.41, 5.74) is 0. The summed E-state index contributed by atoms with van der Waals surface area (Å²) in [6.45, 7) is 7.20. The minimum absolute atomic E-state index is 0.0765. The van der Waals surface area contributed by atoms with Crippen molar-refractivity contribution in [1.82, 2.24) is 15.5 Å². The molecule has 1 amide bonds. The summed E-state index contributed by atoms with van der Waals surface area (Å²) >= 11 is 4.92. The highest BCUT2D eigenvalue weighted by atomic mass is 32.1. The van der Waals surface area contributed by atoms with E-state index in [9.17, 15) is 4.79 Å². The van der Waals surface area contributed by atoms with Crippen molar-refractivity contribution < 1.29 is 4.79 Å². The Morgan fingerprint density at radius 2 is 1.93 bits per heavy atom. The van der Waals surface area contributed by atoms with E-state index in [4.69, 9.17) is 12.2 Å². The molecule has 0 saturated heterocycles. The monoisotopic (exact) mass is 217 g/mol. The van der Waals surface area contributed by atoms with E-state index < -0.39 is 0 Å². The molecule has 14 heavy (non-hydrogen) atoms. The number of nitrogens with zero attached hydrogens (tertiary/aromatic N) is 1. The van der Waals surface area contributed by atoms with E-state index in [1.807, 2.05) is 20.8 Å². The molecule has 82 valence electrons. The van der Waals surface area contributed by atoms with Crippen molar-refractivity contribution in [2.45, 2.75) is 26.8 Å². The molecule has 0 aromatic heterocycles. The molecule has 0 aromatic rings. The minimum Gasteiger partial charge on any atom is -0.366 e. The normalized spacial score (nSPS) is 11.7. The smallest absolute Gasteiger partial charge is 0.244 e. The number of carbonyl (C=O) groups is 1. The van der Waals surface area contributed by atoms with E-state index >= 15 is 0 Å². The van der Waals surface area contributed by atoms with Gasteiger partial charge < -0.3 is 15.5 Å². The second kappa shape index (κ2) is 6.59. The first-order chi connectivity index (χ1) is 6.56. The van der Waals surface area contributed by atoms with Crippen molar-refractivity contribution in [3.63, 3.8) is 0 Å². The Hall–Kier alpha value is -0.840. The fourth-order valence-corrected chi connectivity index (χ4v) is 1.32. The van der Waals surface area contributed by atoms with Gasteiger partial charge in [-0.15, -0.1) is 0 Å². The van der Waals surface area contributed by atoms with E-state index in [1.54, 1.807) is 11.9 Å². The highest BCUT2D eigenvalue weighted by Gasteiger charge is 2.17. The first kappa shape index (κ1) is 13.2. The van der Waals surface area contributed by atoms with Crippen LogP contribution in [0.15, 0.2) is 0 Å². The van der Waals surface area contributed by atoms with Crippen LogP contribution in [0.4, 0.5) is 0 Å². The molecule has 0 heterocycles. The number of nitrogens with one attached hydrogen (secondary N) is 2. The second-order valence-electron chi connectivity index (χ2n) is 2.96. The van der Waals surface area contributed by atoms with Crippen LogP contribution in [0.3, 0.4) is 0 Å². The molecule has 0 radical (unpaired) electrons. The van der Waals surface area contributed by atoms with Crippen molar-refractivity contribution in [3.8, 4) is 0 Å². The zero-order valence-electron chi connectivity index (χ0n) is 9.26. The van der Waals surface area contributed by atoms with Crippen LogP contribution in [0.5, 0.6) is 0 Å². The molecule has 0 aliphatic rings. The topological polar surface area (TPSA) is 44.4 Å². The Morgan fingerprint density at radius 1 is 1.43 bits per heavy atom. The van der Waals surface area contributed by atoms with Gasteiger partial charge in [-0.2, -0.15) is 0 Å². The number of hydrogen-bond donors (Lipinski definition) is 2. The molecule has 0 bridgehead atoms. The number of carbonyl (C=O) groups excluding carboxylic acids is 1. The zero-order chi connectivity index (χ0) is 11.1. The van der Waals surface area contributed by atoms with E-state index in [1.165, 1.54) is 0 Å². The number of hydrogen-bond acceptors (Lipinski definition) is 2. The average molecular weight is 217 g/mol. The molecule has 0 aliphatic heterocycles. The molecule has 0 spiro atoms. The summed E-state index contributed by atoms with van der Waals surface area (Å²) in [6.07, 6.45) is 0. The largest absolute Gasteiger partial charge is 0.366 e. The average Bonchev–Trinajstić information content (AvgIpc) is 2.19. The van der Waals surface area contributed by atoms with Gasteiger partial charge in [-0.3, -0.25) is 4.79 Å². The summed E-state index contributed by atoms with van der Waals surface area (Å²) in [5.74, 6) is 0.0765. The molecular formula is C9H19N3OS. The third-order valence-corrected chi connectivity index (χ3v) is 2.34. The van der Waals surface area contributed by atoms with Crippen LogP contribution >= 0.6 is 12.2 Å². The first-order valence-electron chi connectivity index (χ1n) is 4.83. The standard InChI is InChI=1S/C9H19N3OS/c1-5-12(6-2)8(13)7(3)11-9(14)10-4/h7H,5-6H2,1-4H3,(H2,10,11,14). The third-order valence-electron chi connectivity index (χ3n) is 2.02. The maximum absolute atomic E-state index is 11.7. The summed E-state index contributed by atoms with van der Waals surface area (Å²) in [7, 11) is 1.73. The van der Waals surface area contributed by atoms with Gasteiger partial charge in [0.15, 0.2) is 5.11 Å². The van der Waals surface area contributed by atoms with Gasteiger partial charge in [0.2, 0.25) is 5.91 Å². The maximum Gasteiger partial charge on any atom is 0.244 e. The van der Waals surface area contributed by atoms with Crippen molar-refractivity contribution >= 4 is 23.2 Å². The number of likely N-dealkylation sites (N-methyl/N-ethyl adjacent to an activating group) is 1. The summed E-state index contributed by atoms with van der Waals surface area (Å²) < 4.78 is 0. The molecule has 5 heteroatoms. The van der Waals surface area contributed by atoms with Crippen LogP contribution in [-0.2, 0) is 4.79 Å². The summed E-state index contributed by atoms with van der Waals surface area (Å²) in [4.78, 5) is 13.5. The van der Waals surface area contributed by atoms with Gasteiger partial charge in [0.25, 0.3) is 0 Å². The van der Waals surface area contributed by atoms with Gasteiger partial charge in [0.1, 0.15) is 6.04 Å². The quantitative estimate of drug-likeness (QED) is 0.666. The van der Waals surface area contributed by atoms with Gasteiger partial charge in [-0.05, 0) is 33.0 Å². The second-order valence-corrected chi connectivity index (χ2v) is 3.36. The van der Waals surface area contributed by atoms with Gasteiger partial charge in [0.05, 0.1) is 0 Å². The fraction of sp³-hybridized carbons (Fsp3) is 0.778. The van der Waals surface area contributed by atoms with Crippen LogP contribution in [0.1, 0.15) is 20.8 Å². The van der Waals surface area contributed by atoms with Crippen LogP contribution < -0.4 is 10.6 Å². The number of thiocarbonyl (C=S) groups is 1. The molecule has 0 rings (SSSR count). The Labute approximate surface area is 91.0 Å². The van der Waals surface area contributed by atoms with Gasteiger partial charge in [0, 0.05) is 20.1 Å². The Bertz CT molecular complexity index is 204. The van der Waals surface area contributed by atoms with Crippen LogP contribution in [0.25, 0.3) is 0 Å². The predicted molar refractivity (Wildman–Crippen MR) is 62.2 cm³/mol. The molecule has 0 saturated carbocycles. The number of rotatable bonds is 4. The molecule has 2 N–H and O–H groups in total. The van der Waals surface area contributed by atoms with Crippen molar-refractivity contribution in [2.24, 2.45) is 0 Å². The third kappa shape index (κ3) is 3.91. The molecule has 1 unspecified atom stereocenters. The van der Waals surface area contributed by atoms with Crippen LogP contribution in [-0.4, -0.2) is 42.1 Å². The lowest BCUT2D eigenvalue weighted by Gasteiger charge is -2.23. The molecular weight excluding hydrogens is 198 g/mol. The van der Waals surface area contributed by atoms with E-state index in [0.29, 0.717) is 5.11 Å². The van der Waals surface area contributed by atoms with Crippen molar-refractivity contribution in [3.05, 3.63) is 0 Å². The van der Waals surface area contributed by atoms with Crippen LogP contribution in [0.2, 0.25) is 0 Å². The van der Waals surface area contributed by atoms with Gasteiger partial charge in [-0.1, -0.05) is 0 Å². The van der Waals surface area contributed by atoms with Crippen LogP contribution in [0, 0.1) is 0 Å². The Balaban J connectivity index is 4.16. The minimum atomic E-state index is -0.269. The SMILES string of the molecule is CCN(CC)C(=O)C(C)NC(=S)NC. The predicted octanol–water partition coefficient (Wildman–Crippen LogP) is 0.337. The summed E-state index contributed by atoms with van der Waals surface area (Å²) in [6, 6.07) is -0.269. The lowest BCUT2D eigenvalue weighted by Crippen LogP contribution is -2.49. The summed E-state index contributed by atoms with van der Waals surface area (Å²) in [5, 5.41) is 6.18. The molecule has 0 fully saturated rings. The highest BCUT2D eigenvalue weighted by molar-refractivity contribution is 7.80. The Morgan fingerprint density at radius 3 is 2.29 bits per heavy atom. The molecule has 0 aromatic carbocycles. The zero-order valence-corrected chi connectivity index (χ0v) is 10.1. The van der Waals surface area contributed by atoms with Crippen molar-refractivity contribution in [2.75, 3.05) is 20.1 Å². The van der Waals surface area contributed by atoms with E-state index in [-0.39, 0.29) is 11.9 Å². The van der Waals surface area contributed by atoms with Gasteiger partial charge >= 0.3 is 0 Å². The molecule has 1 atom stereocenters. The maximum atomic E-state index is 11.7. The number of amides is 1.